The Morgan fingerprint density at radius 1 is 1.13 bits per heavy atom. The molecule has 154 valence electrons. The molecule has 2 atom stereocenters. The average molecular weight is 414 g/mol. The number of nitrogens with one attached hydrogen (secondary N) is 1. The Hall–Kier alpha value is -3.13. The highest BCUT2D eigenvalue weighted by molar-refractivity contribution is 5.89. The first-order chi connectivity index (χ1) is 14.3. The summed E-state index contributed by atoms with van der Waals surface area (Å²) in [5.41, 5.74) is 1.99. The van der Waals surface area contributed by atoms with E-state index in [1.807, 2.05) is 0 Å². The van der Waals surface area contributed by atoms with Gasteiger partial charge in [-0.05, 0) is 47.2 Å². The molecule has 0 saturated carbocycles. The van der Waals surface area contributed by atoms with Crippen molar-refractivity contribution in [2.75, 3.05) is 13.7 Å². The van der Waals surface area contributed by atoms with Crippen molar-refractivity contribution in [1.29, 1.82) is 0 Å². The highest BCUT2D eigenvalue weighted by atomic mass is 19.2. The molecular weight excluding hydrogens is 397 g/mol. The number of nitrogens with zero attached hydrogens (tertiary/aromatic N) is 1. The number of aromatic nitrogens is 1. The molecule has 1 aliphatic heterocycles. The van der Waals surface area contributed by atoms with Gasteiger partial charge in [-0.25, -0.2) is 13.2 Å². The molecule has 0 bridgehead atoms. The Labute approximate surface area is 169 Å². The number of fused-ring (bicyclic) bond motifs is 4. The van der Waals surface area contributed by atoms with Crippen molar-refractivity contribution in [2.24, 2.45) is 0 Å². The Morgan fingerprint density at radius 2 is 1.87 bits per heavy atom. The lowest BCUT2D eigenvalue weighted by Gasteiger charge is -2.38. The minimum atomic E-state index is -1.12. The summed E-state index contributed by atoms with van der Waals surface area (Å²) in [6.07, 6.45) is 0.505. The molecule has 1 amide bonds. The van der Waals surface area contributed by atoms with Crippen LogP contribution < -0.4 is 5.56 Å². The zero-order chi connectivity index (χ0) is 21.2. The molecule has 30 heavy (non-hydrogen) atoms. The van der Waals surface area contributed by atoms with E-state index in [1.165, 1.54) is 17.0 Å². The average Bonchev–Trinajstić information content (AvgIpc) is 2.71. The van der Waals surface area contributed by atoms with Crippen LogP contribution in [0.4, 0.5) is 13.2 Å². The summed E-state index contributed by atoms with van der Waals surface area (Å²) in [6.45, 7) is 0.230. The van der Waals surface area contributed by atoms with Gasteiger partial charge in [-0.15, -0.1) is 0 Å². The first kappa shape index (κ1) is 18.9. The largest absolute Gasteiger partial charge is 0.373 e. The number of likely N-dealkylation sites (N-methyl/N-ethyl adjacent to an activating group) is 1. The van der Waals surface area contributed by atoms with Crippen LogP contribution in [0.5, 0.6) is 0 Å². The van der Waals surface area contributed by atoms with Crippen LogP contribution in [0.1, 0.15) is 34.3 Å². The van der Waals surface area contributed by atoms with E-state index < -0.39 is 35.0 Å². The fourth-order valence-electron chi connectivity index (χ4n) is 4.44. The Bertz CT molecular complexity index is 1270. The van der Waals surface area contributed by atoms with E-state index >= 15 is 0 Å². The lowest BCUT2D eigenvalue weighted by atomic mass is 9.76. The maximum atomic E-state index is 14.0. The number of rotatable bonds is 2. The first-order valence-corrected chi connectivity index (χ1v) is 9.51. The number of hydrogen-bond acceptors (Lipinski definition) is 3. The highest BCUT2D eigenvalue weighted by Crippen LogP contribution is 2.40. The zero-order valence-corrected chi connectivity index (χ0v) is 16.0. The van der Waals surface area contributed by atoms with Gasteiger partial charge in [0.2, 0.25) is 5.91 Å². The summed E-state index contributed by atoms with van der Waals surface area (Å²) in [5, 5.41) is 0.261. The first-order valence-electron chi connectivity index (χ1n) is 9.51. The summed E-state index contributed by atoms with van der Waals surface area (Å²) in [4.78, 5) is 29.7. The van der Waals surface area contributed by atoms with Crippen molar-refractivity contribution in [3.05, 3.63) is 80.5 Å². The van der Waals surface area contributed by atoms with Crippen molar-refractivity contribution in [3.8, 4) is 0 Å². The number of carbonyl (C=O) groups excluding carboxylic acids is 1. The van der Waals surface area contributed by atoms with Crippen LogP contribution in [-0.4, -0.2) is 29.4 Å². The van der Waals surface area contributed by atoms with Crippen LogP contribution in [0.2, 0.25) is 0 Å². The number of amides is 1. The summed E-state index contributed by atoms with van der Waals surface area (Å²) >= 11 is 0. The minimum absolute atomic E-state index is 0.0106. The number of aromatic amines is 1. The number of pyridine rings is 1. The molecule has 5 nitrogen and oxygen atoms in total. The molecule has 3 aromatic rings. The standard InChI is InChI=1S/C22H17F3N2O3/c1-27(22(29)15-4-10-2-3-11(23)5-12(10)15)19-9-30-8-18-20(19)13-6-16(24)17(25)7-14(13)21(28)26-18/h2-3,5-7,15,19H,4,8-9H2,1H3,(H,26,28). The van der Waals surface area contributed by atoms with Crippen LogP contribution >= 0.6 is 0 Å². The molecule has 2 aromatic carbocycles. The normalized spacial score (nSPS) is 19.7. The third kappa shape index (κ3) is 2.74. The summed E-state index contributed by atoms with van der Waals surface area (Å²) < 4.78 is 46.9. The topological polar surface area (TPSA) is 62.4 Å². The smallest absolute Gasteiger partial charge is 0.256 e. The predicted octanol–water partition coefficient (Wildman–Crippen LogP) is 3.32. The second-order valence-corrected chi connectivity index (χ2v) is 7.74. The fraction of sp³-hybridized carbons (Fsp3) is 0.273. The number of halogens is 3. The quantitative estimate of drug-likeness (QED) is 0.700. The molecule has 1 N–H and O–H groups in total. The second kappa shape index (κ2) is 6.70. The van der Waals surface area contributed by atoms with E-state index in [1.54, 1.807) is 13.1 Å². The molecule has 2 unspecified atom stereocenters. The Kier molecular flexibility index (Phi) is 4.21. The van der Waals surface area contributed by atoms with Crippen LogP contribution in [0.3, 0.4) is 0 Å². The monoisotopic (exact) mass is 414 g/mol. The highest BCUT2D eigenvalue weighted by Gasteiger charge is 2.38. The fourth-order valence-corrected chi connectivity index (χ4v) is 4.44. The number of ether oxygens (including phenoxy) is 1. The Balaban J connectivity index is 1.57. The van der Waals surface area contributed by atoms with Crippen molar-refractivity contribution >= 4 is 16.7 Å². The molecule has 8 heteroatoms. The molecule has 1 aliphatic carbocycles. The van der Waals surface area contributed by atoms with Gasteiger partial charge in [0.1, 0.15) is 5.82 Å². The molecule has 1 aromatic heterocycles. The Morgan fingerprint density at radius 3 is 2.63 bits per heavy atom. The number of carbonyl (C=O) groups is 1. The van der Waals surface area contributed by atoms with Gasteiger partial charge < -0.3 is 14.6 Å². The van der Waals surface area contributed by atoms with Gasteiger partial charge in [-0.3, -0.25) is 9.59 Å². The summed E-state index contributed by atoms with van der Waals surface area (Å²) in [5.74, 6) is -3.29. The molecule has 0 saturated heterocycles. The number of hydrogen-bond donors (Lipinski definition) is 1. The molecule has 2 aliphatic rings. The van der Waals surface area contributed by atoms with Crippen molar-refractivity contribution in [2.45, 2.75) is 25.0 Å². The molecule has 5 rings (SSSR count). The molecule has 0 spiro atoms. The van der Waals surface area contributed by atoms with Gasteiger partial charge in [0.25, 0.3) is 5.56 Å². The van der Waals surface area contributed by atoms with Gasteiger partial charge in [-0.2, -0.15) is 0 Å². The van der Waals surface area contributed by atoms with Gasteiger partial charge in [0, 0.05) is 18.3 Å². The number of benzene rings is 2. The van der Waals surface area contributed by atoms with Crippen LogP contribution in [-0.2, 0) is 22.6 Å². The molecule has 0 fully saturated rings. The lowest BCUT2D eigenvalue weighted by molar-refractivity contribution is -0.136. The maximum absolute atomic E-state index is 14.0. The summed E-state index contributed by atoms with van der Waals surface area (Å²) in [7, 11) is 1.60. The maximum Gasteiger partial charge on any atom is 0.256 e. The van der Waals surface area contributed by atoms with Gasteiger partial charge in [-0.1, -0.05) is 6.07 Å². The second-order valence-electron chi connectivity index (χ2n) is 7.74. The molecular formula is C22H17F3N2O3. The van der Waals surface area contributed by atoms with Crippen LogP contribution in [0.25, 0.3) is 10.8 Å². The SMILES string of the molecule is CN(C(=O)C1Cc2ccc(F)cc21)C1COCc2[nH]c(=O)c3cc(F)c(F)cc3c21. The number of H-pyrrole nitrogens is 1. The van der Waals surface area contributed by atoms with Crippen molar-refractivity contribution < 1.29 is 22.7 Å². The lowest BCUT2D eigenvalue weighted by Crippen LogP contribution is -2.42. The van der Waals surface area contributed by atoms with Crippen molar-refractivity contribution in [3.63, 3.8) is 0 Å². The summed E-state index contributed by atoms with van der Waals surface area (Å²) in [6, 6.07) is 5.65. The van der Waals surface area contributed by atoms with Crippen molar-refractivity contribution in [1.82, 2.24) is 9.88 Å². The van der Waals surface area contributed by atoms with Crippen LogP contribution in [0, 0.1) is 17.5 Å². The molecule has 2 heterocycles. The van der Waals surface area contributed by atoms with E-state index in [9.17, 15) is 22.8 Å². The van der Waals surface area contributed by atoms with E-state index in [0.717, 1.165) is 17.7 Å². The van der Waals surface area contributed by atoms with Crippen LogP contribution in [0.15, 0.2) is 35.1 Å². The van der Waals surface area contributed by atoms with Gasteiger partial charge in [0.05, 0.1) is 30.6 Å². The zero-order valence-electron chi connectivity index (χ0n) is 16.0. The van der Waals surface area contributed by atoms with E-state index in [0.29, 0.717) is 23.2 Å². The van der Waals surface area contributed by atoms with Gasteiger partial charge >= 0.3 is 0 Å². The van der Waals surface area contributed by atoms with E-state index in [4.69, 9.17) is 4.74 Å². The van der Waals surface area contributed by atoms with E-state index in [-0.39, 0.29) is 29.9 Å². The third-order valence-electron chi connectivity index (χ3n) is 6.06. The predicted molar refractivity (Wildman–Crippen MR) is 102 cm³/mol. The van der Waals surface area contributed by atoms with E-state index in [2.05, 4.69) is 4.98 Å². The molecule has 0 radical (unpaired) electrons. The van der Waals surface area contributed by atoms with Gasteiger partial charge in [0.15, 0.2) is 11.6 Å². The minimum Gasteiger partial charge on any atom is -0.373 e. The third-order valence-corrected chi connectivity index (χ3v) is 6.06.